The lowest BCUT2D eigenvalue weighted by molar-refractivity contribution is -0.119. The molecule has 106 valence electrons. The number of hydrogen-bond acceptors (Lipinski definition) is 6. The second kappa shape index (κ2) is 5.83. The van der Waals surface area contributed by atoms with Crippen LogP contribution in [0.4, 0.5) is 5.69 Å². The van der Waals surface area contributed by atoms with Gasteiger partial charge in [-0.2, -0.15) is 5.10 Å². The number of carbonyl (C=O) groups excluding carboxylic acids is 2. The number of amides is 1. The molecule has 1 unspecified atom stereocenters. The van der Waals surface area contributed by atoms with Crippen molar-refractivity contribution in [3.05, 3.63) is 28.5 Å². The third-order valence-corrected chi connectivity index (χ3v) is 3.88. The second-order valence-corrected chi connectivity index (χ2v) is 5.03. The molecule has 1 N–H and O–H groups in total. The van der Waals surface area contributed by atoms with E-state index in [0.717, 1.165) is 5.56 Å². The number of hydrogen-bond donors (Lipinski definition) is 1. The van der Waals surface area contributed by atoms with Crippen LogP contribution in [0.1, 0.15) is 28.2 Å². The molecule has 0 aliphatic heterocycles. The SMILES string of the molecule is COC(=O)c1scc(C)c1NC(=O)C(C)n1cncn1. The summed E-state index contributed by atoms with van der Waals surface area (Å²) in [6, 6.07) is -0.526. The molecule has 0 bridgehead atoms. The minimum atomic E-state index is -0.526. The third kappa shape index (κ3) is 2.69. The van der Waals surface area contributed by atoms with Gasteiger partial charge >= 0.3 is 5.97 Å². The van der Waals surface area contributed by atoms with Crippen LogP contribution in [-0.2, 0) is 9.53 Å². The van der Waals surface area contributed by atoms with Crippen molar-refractivity contribution in [3.63, 3.8) is 0 Å². The molecule has 0 radical (unpaired) electrons. The molecule has 0 aliphatic rings. The Morgan fingerprint density at radius 2 is 2.25 bits per heavy atom. The summed E-state index contributed by atoms with van der Waals surface area (Å²) < 4.78 is 6.14. The third-order valence-electron chi connectivity index (χ3n) is 2.81. The minimum absolute atomic E-state index is 0.276. The highest BCUT2D eigenvalue weighted by Gasteiger charge is 2.22. The number of nitrogens with one attached hydrogen (secondary N) is 1. The number of methoxy groups -OCH3 is 1. The molecule has 2 heterocycles. The molecule has 1 amide bonds. The second-order valence-electron chi connectivity index (χ2n) is 4.16. The Kier molecular flexibility index (Phi) is 4.14. The van der Waals surface area contributed by atoms with Gasteiger partial charge in [0, 0.05) is 0 Å². The van der Waals surface area contributed by atoms with Crippen molar-refractivity contribution < 1.29 is 14.3 Å². The quantitative estimate of drug-likeness (QED) is 0.866. The first-order valence-electron chi connectivity index (χ1n) is 5.86. The lowest BCUT2D eigenvalue weighted by atomic mass is 10.2. The van der Waals surface area contributed by atoms with E-state index in [4.69, 9.17) is 4.74 Å². The van der Waals surface area contributed by atoms with Gasteiger partial charge in [0.25, 0.3) is 0 Å². The molecule has 0 spiro atoms. The van der Waals surface area contributed by atoms with E-state index < -0.39 is 12.0 Å². The Morgan fingerprint density at radius 3 is 2.85 bits per heavy atom. The zero-order valence-electron chi connectivity index (χ0n) is 11.3. The predicted octanol–water partition coefficient (Wildman–Crippen LogP) is 1.63. The van der Waals surface area contributed by atoms with Gasteiger partial charge in [-0.25, -0.2) is 14.5 Å². The topological polar surface area (TPSA) is 86.1 Å². The summed E-state index contributed by atoms with van der Waals surface area (Å²) >= 11 is 1.24. The first-order valence-corrected chi connectivity index (χ1v) is 6.74. The molecule has 0 saturated heterocycles. The van der Waals surface area contributed by atoms with Crippen LogP contribution >= 0.6 is 11.3 Å². The normalized spacial score (nSPS) is 11.9. The molecule has 2 rings (SSSR count). The lowest BCUT2D eigenvalue weighted by Crippen LogP contribution is -2.25. The van der Waals surface area contributed by atoms with Crippen LogP contribution in [0.3, 0.4) is 0 Å². The highest BCUT2D eigenvalue weighted by atomic mass is 32.1. The Labute approximate surface area is 119 Å². The van der Waals surface area contributed by atoms with E-state index in [1.165, 1.54) is 35.8 Å². The smallest absolute Gasteiger partial charge is 0.350 e. The Bertz CT molecular complexity index is 621. The highest BCUT2D eigenvalue weighted by molar-refractivity contribution is 7.12. The average Bonchev–Trinajstić information content (AvgIpc) is 3.08. The van der Waals surface area contributed by atoms with E-state index in [9.17, 15) is 9.59 Å². The fourth-order valence-corrected chi connectivity index (χ4v) is 2.53. The number of aryl methyl sites for hydroxylation is 1. The minimum Gasteiger partial charge on any atom is -0.465 e. The monoisotopic (exact) mass is 294 g/mol. The number of ether oxygens (including phenoxy) is 1. The van der Waals surface area contributed by atoms with Crippen molar-refractivity contribution in [1.82, 2.24) is 14.8 Å². The first kappa shape index (κ1) is 14.2. The zero-order chi connectivity index (χ0) is 14.7. The van der Waals surface area contributed by atoms with Gasteiger partial charge in [0.1, 0.15) is 23.6 Å². The maximum absolute atomic E-state index is 12.2. The summed E-state index contributed by atoms with van der Waals surface area (Å²) in [5.41, 5.74) is 1.30. The molecule has 0 saturated carbocycles. The average molecular weight is 294 g/mol. The van der Waals surface area contributed by atoms with Crippen LogP contribution in [0.2, 0.25) is 0 Å². The maximum Gasteiger partial charge on any atom is 0.350 e. The van der Waals surface area contributed by atoms with E-state index in [1.54, 1.807) is 12.3 Å². The van der Waals surface area contributed by atoms with Gasteiger partial charge in [-0.15, -0.1) is 11.3 Å². The molecular weight excluding hydrogens is 280 g/mol. The van der Waals surface area contributed by atoms with Crippen molar-refractivity contribution in [2.75, 3.05) is 12.4 Å². The Morgan fingerprint density at radius 1 is 1.50 bits per heavy atom. The van der Waals surface area contributed by atoms with Crippen LogP contribution in [0.5, 0.6) is 0 Å². The molecule has 2 aromatic rings. The molecular formula is C12H14N4O3S. The van der Waals surface area contributed by atoms with Crippen molar-refractivity contribution in [1.29, 1.82) is 0 Å². The lowest BCUT2D eigenvalue weighted by Gasteiger charge is -2.13. The van der Waals surface area contributed by atoms with E-state index in [0.29, 0.717) is 10.6 Å². The summed E-state index contributed by atoms with van der Waals surface area (Å²) in [4.78, 5) is 28.0. The fraction of sp³-hybridized carbons (Fsp3) is 0.333. The summed E-state index contributed by atoms with van der Waals surface area (Å²) in [7, 11) is 1.31. The molecule has 2 aromatic heterocycles. The number of aromatic nitrogens is 3. The summed E-state index contributed by atoms with van der Waals surface area (Å²) in [5.74, 6) is -0.742. The van der Waals surface area contributed by atoms with Gasteiger partial charge in [-0.1, -0.05) is 0 Å². The van der Waals surface area contributed by atoms with Gasteiger partial charge in [0.15, 0.2) is 0 Å². The van der Waals surface area contributed by atoms with Gasteiger partial charge < -0.3 is 10.1 Å². The molecule has 0 fully saturated rings. The van der Waals surface area contributed by atoms with Crippen molar-refractivity contribution >= 4 is 28.9 Å². The molecule has 20 heavy (non-hydrogen) atoms. The van der Waals surface area contributed by atoms with Gasteiger partial charge in [0.05, 0.1) is 12.8 Å². The molecule has 0 aromatic carbocycles. The number of nitrogens with zero attached hydrogens (tertiary/aromatic N) is 3. The van der Waals surface area contributed by atoms with Crippen molar-refractivity contribution in [2.45, 2.75) is 19.9 Å². The Hall–Kier alpha value is -2.22. The largest absolute Gasteiger partial charge is 0.465 e. The molecule has 7 nitrogen and oxygen atoms in total. The summed E-state index contributed by atoms with van der Waals surface area (Å²) in [6.07, 6.45) is 2.82. The van der Waals surface area contributed by atoms with Crippen LogP contribution in [-0.4, -0.2) is 33.8 Å². The van der Waals surface area contributed by atoms with E-state index in [2.05, 4.69) is 15.4 Å². The van der Waals surface area contributed by atoms with E-state index >= 15 is 0 Å². The standard InChI is InChI=1S/C12H14N4O3S/c1-7-4-20-10(12(18)19-3)9(7)15-11(17)8(2)16-6-13-5-14-16/h4-6,8H,1-3H3,(H,15,17). The van der Waals surface area contributed by atoms with Crippen LogP contribution in [0, 0.1) is 6.92 Å². The first-order chi connectivity index (χ1) is 9.54. The number of esters is 1. The number of thiophene rings is 1. The van der Waals surface area contributed by atoms with Crippen LogP contribution < -0.4 is 5.32 Å². The zero-order valence-corrected chi connectivity index (χ0v) is 12.1. The maximum atomic E-state index is 12.2. The predicted molar refractivity (Wildman–Crippen MR) is 73.8 cm³/mol. The molecule has 8 heteroatoms. The molecule has 0 aliphatic carbocycles. The van der Waals surface area contributed by atoms with E-state index in [1.807, 2.05) is 6.92 Å². The van der Waals surface area contributed by atoms with Crippen molar-refractivity contribution in [2.24, 2.45) is 0 Å². The van der Waals surface area contributed by atoms with E-state index in [-0.39, 0.29) is 5.91 Å². The fourth-order valence-electron chi connectivity index (χ4n) is 1.61. The number of rotatable bonds is 4. The van der Waals surface area contributed by atoms with Gasteiger partial charge in [-0.3, -0.25) is 4.79 Å². The van der Waals surface area contributed by atoms with Crippen molar-refractivity contribution in [3.8, 4) is 0 Å². The van der Waals surface area contributed by atoms with Crippen LogP contribution in [0.25, 0.3) is 0 Å². The summed E-state index contributed by atoms with van der Waals surface area (Å²) in [5, 5.41) is 8.46. The Balaban J connectivity index is 2.20. The summed E-state index contributed by atoms with van der Waals surface area (Å²) in [6.45, 7) is 3.52. The number of carbonyl (C=O) groups is 2. The van der Waals surface area contributed by atoms with Gasteiger partial charge in [-0.05, 0) is 24.8 Å². The number of anilines is 1. The molecule has 1 atom stereocenters. The van der Waals surface area contributed by atoms with Gasteiger partial charge in [0.2, 0.25) is 5.91 Å². The van der Waals surface area contributed by atoms with Crippen LogP contribution in [0.15, 0.2) is 18.0 Å². The highest BCUT2D eigenvalue weighted by Crippen LogP contribution is 2.28.